The number of hydrazine groups is 1. The molecule has 6 rings (SSSR count). The van der Waals surface area contributed by atoms with Gasteiger partial charge in [-0.2, -0.15) is 0 Å². The number of nitrogens with two attached hydrogens (primary N) is 1. The number of aromatic nitrogens is 2. The van der Waals surface area contributed by atoms with Crippen molar-refractivity contribution >= 4 is 22.5 Å². The van der Waals surface area contributed by atoms with Crippen LogP contribution in [0.25, 0.3) is 22.2 Å². The number of aryl methyl sites for hydroxylation is 1. The van der Waals surface area contributed by atoms with Crippen LogP contribution in [0.2, 0.25) is 0 Å². The summed E-state index contributed by atoms with van der Waals surface area (Å²) in [4.78, 5) is 20.5. The van der Waals surface area contributed by atoms with Crippen molar-refractivity contribution in [2.45, 2.75) is 84.2 Å². The topological polar surface area (TPSA) is 107 Å². The number of carbonyl (C=O) groups is 1. The zero-order valence-corrected chi connectivity index (χ0v) is 27.6. The van der Waals surface area contributed by atoms with Crippen molar-refractivity contribution < 1.29 is 19.0 Å². The minimum absolute atomic E-state index is 0.0691. The maximum atomic E-state index is 13.3. The number of carbonyl (C=O) groups excluding carboxylic acids is 1. The predicted octanol–water partition coefficient (Wildman–Crippen LogP) is 4.45. The SMILES string of the molecule is CCn1c(-c2cccnc2[C@H](C)OC)c2c3cc(ccc31)N1CCO[C@@H](C[C@H](N)C(=O)N3CCC[C@@H](COCC(C)(C)C2)N3)C1. The molecule has 0 saturated carbocycles. The number of rotatable bonds is 4. The summed E-state index contributed by atoms with van der Waals surface area (Å²) in [5.41, 5.74) is 16.7. The average Bonchev–Trinajstić information content (AvgIpc) is 3.35. The molecule has 1 aromatic carbocycles. The van der Waals surface area contributed by atoms with Crippen molar-refractivity contribution in [1.82, 2.24) is 20.0 Å². The Morgan fingerprint density at radius 3 is 2.89 bits per heavy atom. The normalized spacial score (nSPS) is 25.3. The quantitative estimate of drug-likeness (QED) is 0.442. The molecule has 0 radical (unpaired) electrons. The molecule has 0 unspecified atom stereocenters. The molecule has 2 aromatic heterocycles. The first-order chi connectivity index (χ1) is 21.7. The highest BCUT2D eigenvalue weighted by Crippen LogP contribution is 2.41. The summed E-state index contributed by atoms with van der Waals surface area (Å²) in [6.07, 6.45) is 4.77. The van der Waals surface area contributed by atoms with Crippen LogP contribution < -0.4 is 16.1 Å². The number of amides is 1. The number of methoxy groups -OCH3 is 1. The van der Waals surface area contributed by atoms with E-state index in [2.05, 4.69) is 66.9 Å². The van der Waals surface area contributed by atoms with Crippen LogP contribution in [0.1, 0.15) is 64.3 Å². The summed E-state index contributed by atoms with van der Waals surface area (Å²) in [5.74, 6) is -0.0704. The summed E-state index contributed by atoms with van der Waals surface area (Å²) in [6, 6.07) is 10.5. The molecule has 3 N–H and O–H groups in total. The zero-order chi connectivity index (χ0) is 31.7. The fourth-order valence-electron chi connectivity index (χ4n) is 7.30. The molecule has 3 aliphatic rings. The number of pyridine rings is 1. The Hall–Kier alpha value is -3.02. The minimum Gasteiger partial charge on any atom is -0.379 e. The Morgan fingerprint density at radius 1 is 1.24 bits per heavy atom. The van der Waals surface area contributed by atoms with Crippen LogP contribution in [-0.4, -0.2) is 85.2 Å². The third-order valence-electron chi connectivity index (χ3n) is 9.64. The summed E-state index contributed by atoms with van der Waals surface area (Å²) in [6.45, 7) is 13.5. The number of fused-ring (bicyclic) bond motifs is 6. The highest BCUT2D eigenvalue weighted by molar-refractivity contribution is 5.94. The molecule has 4 atom stereocenters. The Morgan fingerprint density at radius 2 is 2.09 bits per heavy atom. The summed E-state index contributed by atoms with van der Waals surface area (Å²) < 4.78 is 20.8. The van der Waals surface area contributed by atoms with Gasteiger partial charge in [-0.15, -0.1) is 0 Å². The van der Waals surface area contributed by atoms with Gasteiger partial charge in [-0.25, -0.2) is 5.43 Å². The molecule has 5 heterocycles. The van der Waals surface area contributed by atoms with Crippen molar-refractivity contribution in [2.24, 2.45) is 11.1 Å². The first kappa shape index (κ1) is 31.9. The second-order valence-electron chi connectivity index (χ2n) is 13.7. The van der Waals surface area contributed by atoms with Gasteiger partial charge in [0.1, 0.15) is 0 Å². The number of ether oxygens (including phenoxy) is 3. The Balaban J connectivity index is 1.47. The number of anilines is 1. The second kappa shape index (κ2) is 13.4. The van der Waals surface area contributed by atoms with Gasteiger partial charge in [0.05, 0.1) is 49.5 Å². The van der Waals surface area contributed by atoms with Gasteiger partial charge in [-0.1, -0.05) is 13.8 Å². The summed E-state index contributed by atoms with van der Waals surface area (Å²) in [7, 11) is 1.74. The van der Waals surface area contributed by atoms with E-state index >= 15 is 0 Å². The molecule has 6 bridgehead atoms. The maximum Gasteiger partial charge on any atom is 0.253 e. The summed E-state index contributed by atoms with van der Waals surface area (Å²) >= 11 is 0. The van der Waals surface area contributed by atoms with E-state index in [4.69, 9.17) is 24.9 Å². The largest absolute Gasteiger partial charge is 0.379 e. The smallest absolute Gasteiger partial charge is 0.253 e. The molecule has 3 aliphatic heterocycles. The van der Waals surface area contributed by atoms with Crippen LogP contribution in [0.3, 0.4) is 0 Å². The van der Waals surface area contributed by atoms with Crippen molar-refractivity contribution in [3.63, 3.8) is 0 Å². The minimum atomic E-state index is -0.627. The molecular formula is C35H50N6O4. The third-order valence-corrected chi connectivity index (χ3v) is 9.64. The third kappa shape index (κ3) is 6.62. The lowest BCUT2D eigenvalue weighted by molar-refractivity contribution is -0.140. The van der Waals surface area contributed by atoms with E-state index in [9.17, 15) is 4.79 Å². The lowest BCUT2D eigenvalue weighted by Crippen LogP contribution is -2.58. The lowest BCUT2D eigenvalue weighted by atomic mass is 9.84. The van der Waals surface area contributed by atoms with E-state index in [1.54, 1.807) is 12.1 Å². The van der Waals surface area contributed by atoms with Gasteiger partial charge in [-0.05, 0) is 80.8 Å². The van der Waals surface area contributed by atoms with Crippen molar-refractivity contribution in [2.75, 3.05) is 51.5 Å². The Labute approximate surface area is 267 Å². The molecule has 2 saturated heterocycles. The molecule has 0 spiro atoms. The first-order valence-electron chi connectivity index (χ1n) is 16.6. The fourth-order valence-corrected chi connectivity index (χ4v) is 7.30. The summed E-state index contributed by atoms with van der Waals surface area (Å²) in [5, 5.41) is 2.96. The van der Waals surface area contributed by atoms with Gasteiger partial charge in [-0.3, -0.25) is 14.8 Å². The van der Waals surface area contributed by atoms with Crippen LogP contribution in [0.15, 0.2) is 36.5 Å². The molecule has 0 aliphatic carbocycles. The van der Waals surface area contributed by atoms with Gasteiger partial charge in [0.15, 0.2) is 0 Å². The molecular weight excluding hydrogens is 568 g/mol. The second-order valence-corrected chi connectivity index (χ2v) is 13.7. The molecule has 3 aromatic rings. The zero-order valence-electron chi connectivity index (χ0n) is 27.6. The Kier molecular flexibility index (Phi) is 9.49. The Bertz CT molecular complexity index is 1500. The van der Waals surface area contributed by atoms with Crippen LogP contribution in [0.4, 0.5) is 5.69 Å². The van der Waals surface area contributed by atoms with Gasteiger partial charge < -0.3 is 29.4 Å². The molecule has 244 valence electrons. The average molecular weight is 619 g/mol. The predicted molar refractivity (Wildman–Crippen MR) is 177 cm³/mol. The van der Waals surface area contributed by atoms with Crippen molar-refractivity contribution in [3.05, 3.63) is 47.8 Å². The molecule has 10 nitrogen and oxygen atoms in total. The van der Waals surface area contributed by atoms with Crippen molar-refractivity contribution in [3.8, 4) is 11.3 Å². The van der Waals surface area contributed by atoms with Gasteiger partial charge in [0, 0.05) is 67.7 Å². The molecule has 2 fully saturated rings. The van der Waals surface area contributed by atoms with Crippen LogP contribution in [0.5, 0.6) is 0 Å². The monoisotopic (exact) mass is 618 g/mol. The highest BCUT2D eigenvalue weighted by Gasteiger charge is 2.33. The van der Waals surface area contributed by atoms with Gasteiger partial charge in [0.25, 0.3) is 5.91 Å². The van der Waals surface area contributed by atoms with Gasteiger partial charge in [0.2, 0.25) is 0 Å². The number of morpholine rings is 1. The van der Waals surface area contributed by atoms with Gasteiger partial charge >= 0.3 is 0 Å². The molecule has 1 amide bonds. The van der Waals surface area contributed by atoms with Crippen LogP contribution in [0, 0.1) is 5.41 Å². The highest BCUT2D eigenvalue weighted by atomic mass is 16.5. The fraction of sp³-hybridized carbons (Fsp3) is 0.600. The molecule has 10 heteroatoms. The standard InChI is InChI=1S/C35H50N6O4/c1-6-40-31-12-11-25-17-28(31)29(33(40)27-10-7-13-37-32(27)23(2)43-5)19-35(3,4)22-44-21-24-9-8-14-41(38-24)34(42)30(36)18-26-20-39(25)15-16-45-26/h7,10-13,17,23-24,26,30,38H,6,8-9,14-16,18-22,36H2,1-5H3/t23-,24-,26-,30-/m0/s1. The number of hydrogen-bond donors (Lipinski definition) is 2. The van der Waals surface area contributed by atoms with E-state index < -0.39 is 6.04 Å². The van der Waals surface area contributed by atoms with E-state index in [0.29, 0.717) is 39.3 Å². The first-order valence-corrected chi connectivity index (χ1v) is 16.6. The lowest BCUT2D eigenvalue weighted by Gasteiger charge is -2.38. The van der Waals surface area contributed by atoms with E-state index in [1.165, 1.54) is 22.2 Å². The van der Waals surface area contributed by atoms with Crippen LogP contribution >= 0.6 is 0 Å². The van der Waals surface area contributed by atoms with Crippen molar-refractivity contribution in [1.29, 1.82) is 0 Å². The number of nitrogens with zero attached hydrogens (tertiary/aromatic N) is 4. The number of hydrogen-bond acceptors (Lipinski definition) is 8. The maximum absolute atomic E-state index is 13.3. The van der Waals surface area contributed by atoms with E-state index in [1.807, 2.05) is 12.3 Å². The van der Waals surface area contributed by atoms with Crippen LogP contribution in [-0.2, 0) is 32.0 Å². The number of benzene rings is 1. The van der Waals surface area contributed by atoms with E-state index in [-0.39, 0.29) is 29.6 Å². The molecule has 45 heavy (non-hydrogen) atoms. The number of nitrogens with one attached hydrogen (secondary N) is 1. The van der Waals surface area contributed by atoms with E-state index in [0.717, 1.165) is 49.3 Å².